The molecule has 2 aromatic carbocycles. The summed E-state index contributed by atoms with van der Waals surface area (Å²) < 4.78 is 0. The fraction of sp³-hybridized carbons (Fsp3) is 0.0556. The van der Waals surface area contributed by atoms with Crippen LogP contribution >= 0.6 is 22.9 Å². The van der Waals surface area contributed by atoms with Crippen molar-refractivity contribution in [1.29, 1.82) is 0 Å². The maximum absolute atomic E-state index is 6.25. The van der Waals surface area contributed by atoms with Crippen molar-refractivity contribution in [1.82, 2.24) is 15.2 Å². The van der Waals surface area contributed by atoms with Crippen molar-refractivity contribution in [3.05, 3.63) is 70.8 Å². The third kappa shape index (κ3) is 3.09. The Morgan fingerprint density at radius 1 is 0.958 bits per heavy atom. The van der Waals surface area contributed by atoms with Crippen LogP contribution in [-0.2, 0) is 6.54 Å². The molecule has 4 rings (SSSR count). The molecule has 0 amide bonds. The monoisotopic (exact) mass is 352 g/mol. The van der Waals surface area contributed by atoms with Crippen LogP contribution in [0.15, 0.2) is 60.7 Å². The normalized spacial score (nSPS) is 10.9. The Morgan fingerprint density at radius 3 is 2.62 bits per heavy atom. The predicted octanol–water partition coefficient (Wildman–Crippen LogP) is 5.02. The molecular weight excluding hydrogens is 340 g/mol. The molecule has 0 unspecified atom stereocenters. The second-order valence-electron chi connectivity index (χ2n) is 5.24. The Balaban J connectivity index is 1.52. The Bertz CT molecular complexity index is 985. The van der Waals surface area contributed by atoms with Crippen LogP contribution in [-0.4, -0.2) is 15.2 Å². The first-order valence-corrected chi connectivity index (χ1v) is 8.66. The molecule has 2 heterocycles. The number of nitrogens with zero attached hydrogens (tertiary/aromatic N) is 3. The Labute approximate surface area is 148 Å². The lowest BCUT2D eigenvalue weighted by Crippen LogP contribution is -2.01. The zero-order valence-electron chi connectivity index (χ0n) is 12.6. The lowest BCUT2D eigenvalue weighted by Gasteiger charge is -2.06. The standard InChI is InChI=1S/C18H13ClN4S/c19-17-14-9-5-4-8-13(14)10-15(21-17)20-11-16-22-23-18(24-16)12-6-2-1-3-7-12/h1-10H,11H2,(H,20,21). The van der Waals surface area contributed by atoms with Gasteiger partial charge < -0.3 is 5.32 Å². The van der Waals surface area contributed by atoms with E-state index in [1.54, 1.807) is 11.3 Å². The van der Waals surface area contributed by atoms with E-state index in [1.165, 1.54) is 0 Å². The molecule has 118 valence electrons. The number of hydrogen-bond donors (Lipinski definition) is 1. The number of benzene rings is 2. The van der Waals surface area contributed by atoms with Gasteiger partial charge in [0.1, 0.15) is 21.0 Å². The molecular formula is C18H13ClN4S. The molecule has 0 radical (unpaired) electrons. The minimum Gasteiger partial charge on any atom is -0.363 e. The fourth-order valence-electron chi connectivity index (χ4n) is 2.44. The van der Waals surface area contributed by atoms with Gasteiger partial charge in [0.15, 0.2) is 0 Å². The topological polar surface area (TPSA) is 50.7 Å². The van der Waals surface area contributed by atoms with Crippen molar-refractivity contribution in [3.8, 4) is 10.6 Å². The maximum Gasteiger partial charge on any atom is 0.147 e. The highest BCUT2D eigenvalue weighted by Crippen LogP contribution is 2.26. The highest BCUT2D eigenvalue weighted by atomic mass is 35.5. The summed E-state index contributed by atoms with van der Waals surface area (Å²) in [7, 11) is 0. The molecule has 0 spiro atoms. The first kappa shape index (κ1) is 15.1. The van der Waals surface area contributed by atoms with Gasteiger partial charge in [-0.05, 0) is 11.5 Å². The molecule has 6 heteroatoms. The van der Waals surface area contributed by atoms with Crippen molar-refractivity contribution in [2.75, 3.05) is 5.32 Å². The zero-order chi connectivity index (χ0) is 16.4. The number of aromatic nitrogens is 3. The van der Waals surface area contributed by atoms with E-state index in [-0.39, 0.29) is 0 Å². The van der Waals surface area contributed by atoms with Gasteiger partial charge in [-0.1, -0.05) is 77.5 Å². The predicted molar refractivity (Wildman–Crippen MR) is 99.4 cm³/mol. The maximum atomic E-state index is 6.25. The van der Waals surface area contributed by atoms with Crippen LogP contribution in [0.25, 0.3) is 21.3 Å². The van der Waals surface area contributed by atoms with E-state index in [2.05, 4.69) is 20.5 Å². The van der Waals surface area contributed by atoms with Gasteiger partial charge in [-0.15, -0.1) is 10.2 Å². The van der Waals surface area contributed by atoms with Gasteiger partial charge >= 0.3 is 0 Å². The number of halogens is 1. The summed E-state index contributed by atoms with van der Waals surface area (Å²) in [6.45, 7) is 0.562. The Kier molecular flexibility index (Phi) is 4.11. The van der Waals surface area contributed by atoms with Gasteiger partial charge in [-0.3, -0.25) is 0 Å². The molecule has 1 N–H and O–H groups in total. The van der Waals surface area contributed by atoms with E-state index in [0.29, 0.717) is 11.7 Å². The van der Waals surface area contributed by atoms with Gasteiger partial charge in [-0.2, -0.15) is 0 Å². The first-order chi connectivity index (χ1) is 11.8. The highest BCUT2D eigenvalue weighted by Gasteiger charge is 2.08. The molecule has 0 fully saturated rings. The van der Waals surface area contributed by atoms with Crippen molar-refractivity contribution in [3.63, 3.8) is 0 Å². The lowest BCUT2D eigenvalue weighted by molar-refractivity contribution is 0.986. The molecule has 0 saturated carbocycles. The SMILES string of the molecule is Clc1nc(NCc2nnc(-c3ccccc3)s2)cc2ccccc12. The van der Waals surface area contributed by atoms with E-state index < -0.39 is 0 Å². The largest absolute Gasteiger partial charge is 0.363 e. The van der Waals surface area contributed by atoms with Crippen molar-refractivity contribution in [2.24, 2.45) is 0 Å². The number of fused-ring (bicyclic) bond motifs is 1. The van der Waals surface area contributed by atoms with Gasteiger partial charge in [-0.25, -0.2) is 4.98 Å². The van der Waals surface area contributed by atoms with E-state index in [9.17, 15) is 0 Å². The lowest BCUT2D eigenvalue weighted by atomic mass is 10.2. The molecule has 0 bridgehead atoms. The summed E-state index contributed by atoms with van der Waals surface area (Å²) in [5, 5.41) is 16.1. The first-order valence-electron chi connectivity index (χ1n) is 7.46. The van der Waals surface area contributed by atoms with Gasteiger partial charge in [0, 0.05) is 10.9 Å². The number of hydrogen-bond acceptors (Lipinski definition) is 5. The second kappa shape index (κ2) is 6.55. The summed E-state index contributed by atoms with van der Waals surface area (Å²) in [4.78, 5) is 4.39. The average molecular weight is 353 g/mol. The molecule has 4 aromatic rings. The average Bonchev–Trinajstić information content (AvgIpc) is 3.10. The summed E-state index contributed by atoms with van der Waals surface area (Å²) >= 11 is 7.82. The molecule has 24 heavy (non-hydrogen) atoms. The minimum atomic E-state index is 0.498. The molecule has 4 nitrogen and oxygen atoms in total. The van der Waals surface area contributed by atoms with Gasteiger partial charge in [0.05, 0.1) is 6.54 Å². The number of rotatable bonds is 4. The van der Waals surface area contributed by atoms with Crippen LogP contribution in [0.2, 0.25) is 5.15 Å². The second-order valence-corrected chi connectivity index (χ2v) is 6.66. The van der Waals surface area contributed by atoms with E-state index in [0.717, 1.165) is 32.2 Å². The quantitative estimate of drug-likeness (QED) is 0.524. The molecule has 0 saturated heterocycles. The number of pyridine rings is 1. The molecule has 0 aliphatic carbocycles. The van der Waals surface area contributed by atoms with Gasteiger partial charge in [0.25, 0.3) is 0 Å². The fourth-order valence-corrected chi connectivity index (χ4v) is 3.48. The van der Waals surface area contributed by atoms with Crippen LogP contribution in [0, 0.1) is 0 Å². The molecule has 2 aromatic heterocycles. The molecule has 0 aliphatic heterocycles. The van der Waals surface area contributed by atoms with Crippen LogP contribution in [0.5, 0.6) is 0 Å². The Hall–Kier alpha value is -2.50. The molecule has 0 aliphatic rings. The number of nitrogens with one attached hydrogen (secondary N) is 1. The van der Waals surface area contributed by atoms with Gasteiger partial charge in [0.2, 0.25) is 0 Å². The third-order valence-corrected chi connectivity index (χ3v) is 4.86. The zero-order valence-corrected chi connectivity index (χ0v) is 14.2. The summed E-state index contributed by atoms with van der Waals surface area (Å²) in [5.74, 6) is 0.732. The summed E-state index contributed by atoms with van der Waals surface area (Å²) in [5.41, 5.74) is 1.08. The van der Waals surface area contributed by atoms with Crippen LogP contribution in [0.3, 0.4) is 0 Å². The van der Waals surface area contributed by atoms with Crippen LogP contribution < -0.4 is 5.32 Å². The van der Waals surface area contributed by atoms with Crippen LogP contribution in [0.4, 0.5) is 5.82 Å². The van der Waals surface area contributed by atoms with Crippen molar-refractivity contribution < 1.29 is 0 Å². The van der Waals surface area contributed by atoms with E-state index >= 15 is 0 Å². The van der Waals surface area contributed by atoms with Crippen molar-refractivity contribution in [2.45, 2.75) is 6.54 Å². The molecule has 0 atom stereocenters. The van der Waals surface area contributed by atoms with Crippen LogP contribution in [0.1, 0.15) is 5.01 Å². The minimum absolute atomic E-state index is 0.498. The number of anilines is 1. The van der Waals surface area contributed by atoms with Crippen molar-refractivity contribution >= 4 is 39.5 Å². The third-order valence-electron chi connectivity index (χ3n) is 3.60. The summed E-state index contributed by atoms with van der Waals surface area (Å²) in [6.07, 6.45) is 0. The van der Waals surface area contributed by atoms with E-state index in [1.807, 2.05) is 60.7 Å². The summed E-state index contributed by atoms with van der Waals surface area (Å²) in [6, 6.07) is 19.9. The van der Waals surface area contributed by atoms with E-state index in [4.69, 9.17) is 11.6 Å². The smallest absolute Gasteiger partial charge is 0.147 e. The Morgan fingerprint density at radius 2 is 1.75 bits per heavy atom. The highest BCUT2D eigenvalue weighted by molar-refractivity contribution is 7.14.